The number of ether oxygens (including phenoxy) is 1. The van der Waals surface area contributed by atoms with Gasteiger partial charge < -0.3 is 15.4 Å². The van der Waals surface area contributed by atoms with Gasteiger partial charge in [0.05, 0.1) is 7.11 Å². The van der Waals surface area contributed by atoms with E-state index >= 15 is 0 Å². The van der Waals surface area contributed by atoms with Crippen molar-refractivity contribution in [2.24, 2.45) is 11.7 Å². The standard InChI is InChI=1S/C17H28N2O/c1-13-6-5-11-17(12-13,19(2)3)16(18)14-7-9-15(20-4)10-8-14/h7-10,13,16H,5-6,11-12,18H2,1-4H3. The zero-order valence-corrected chi connectivity index (χ0v) is 13.2. The Balaban J connectivity index is 2.28. The minimum Gasteiger partial charge on any atom is -0.497 e. The zero-order valence-electron chi connectivity index (χ0n) is 13.2. The van der Waals surface area contributed by atoms with Crippen LogP contribution in [0.3, 0.4) is 0 Å². The van der Waals surface area contributed by atoms with Crippen LogP contribution in [0, 0.1) is 5.92 Å². The molecule has 3 nitrogen and oxygen atoms in total. The average molecular weight is 276 g/mol. The first-order valence-corrected chi connectivity index (χ1v) is 7.56. The van der Waals surface area contributed by atoms with Crippen molar-refractivity contribution in [2.45, 2.75) is 44.2 Å². The fraction of sp³-hybridized carbons (Fsp3) is 0.647. The Hall–Kier alpha value is -1.06. The van der Waals surface area contributed by atoms with E-state index in [2.05, 4.69) is 38.1 Å². The van der Waals surface area contributed by atoms with Crippen LogP contribution in [0.15, 0.2) is 24.3 Å². The summed E-state index contributed by atoms with van der Waals surface area (Å²) >= 11 is 0. The summed E-state index contributed by atoms with van der Waals surface area (Å²) in [6, 6.07) is 8.27. The topological polar surface area (TPSA) is 38.5 Å². The van der Waals surface area contributed by atoms with Crippen molar-refractivity contribution in [1.29, 1.82) is 0 Å². The van der Waals surface area contributed by atoms with Crippen LogP contribution in [0.4, 0.5) is 0 Å². The predicted octanol–water partition coefficient (Wildman–Crippen LogP) is 3.21. The van der Waals surface area contributed by atoms with E-state index < -0.39 is 0 Å². The number of methoxy groups -OCH3 is 1. The van der Waals surface area contributed by atoms with E-state index in [1.54, 1.807) is 7.11 Å². The quantitative estimate of drug-likeness (QED) is 0.917. The van der Waals surface area contributed by atoms with Crippen molar-refractivity contribution in [2.75, 3.05) is 21.2 Å². The van der Waals surface area contributed by atoms with Gasteiger partial charge in [-0.2, -0.15) is 0 Å². The SMILES string of the molecule is COc1ccc(C(N)C2(N(C)C)CCCC(C)C2)cc1. The molecule has 0 amide bonds. The first-order chi connectivity index (χ1) is 9.49. The lowest BCUT2D eigenvalue weighted by atomic mass is 9.70. The summed E-state index contributed by atoms with van der Waals surface area (Å²) in [4.78, 5) is 2.34. The molecule has 0 heterocycles. The van der Waals surface area contributed by atoms with Crippen LogP contribution in [-0.4, -0.2) is 31.6 Å². The van der Waals surface area contributed by atoms with E-state index in [-0.39, 0.29) is 11.6 Å². The number of benzene rings is 1. The van der Waals surface area contributed by atoms with Gasteiger partial charge in [-0.15, -0.1) is 0 Å². The summed E-state index contributed by atoms with van der Waals surface area (Å²) in [5.74, 6) is 1.63. The lowest BCUT2D eigenvalue weighted by Gasteiger charge is -2.49. The molecule has 1 aromatic rings. The molecule has 1 saturated carbocycles. The Morgan fingerprint density at radius 2 is 1.95 bits per heavy atom. The van der Waals surface area contributed by atoms with Crippen molar-refractivity contribution in [3.63, 3.8) is 0 Å². The van der Waals surface area contributed by atoms with Gasteiger partial charge in [0, 0.05) is 11.6 Å². The van der Waals surface area contributed by atoms with Gasteiger partial charge in [0.2, 0.25) is 0 Å². The zero-order chi connectivity index (χ0) is 14.8. The van der Waals surface area contributed by atoms with Gasteiger partial charge in [0.15, 0.2) is 0 Å². The normalized spacial score (nSPS) is 28.4. The van der Waals surface area contributed by atoms with Gasteiger partial charge in [0.1, 0.15) is 5.75 Å². The van der Waals surface area contributed by atoms with Crippen LogP contribution < -0.4 is 10.5 Å². The molecule has 2 N–H and O–H groups in total. The molecule has 0 aromatic heterocycles. The highest BCUT2D eigenvalue weighted by Crippen LogP contribution is 2.43. The third-order valence-corrected chi connectivity index (χ3v) is 4.95. The van der Waals surface area contributed by atoms with Crippen LogP contribution >= 0.6 is 0 Å². The molecule has 1 aromatic carbocycles. The molecule has 2 rings (SSSR count). The van der Waals surface area contributed by atoms with E-state index in [1.807, 2.05) is 12.1 Å². The van der Waals surface area contributed by atoms with Crippen molar-refractivity contribution in [1.82, 2.24) is 4.90 Å². The maximum absolute atomic E-state index is 6.68. The van der Waals surface area contributed by atoms with Gasteiger partial charge in [-0.3, -0.25) is 0 Å². The largest absolute Gasteiger partial charge is 0.497 e. The Morgan fingerprint density at radius 1 is 1.30 bits per heavy atom. The molecule has 3 unspecified atom stereocenters. The van der Waals surface area contributed by atoms with E-state index in [9.17, 15) is 0 Å². The minimum absolute atomic E-state index is 0.0474. The molecule has 20 heavy (non-hydrogen) atoms. The van der Waals surface area contributed by atoms with Crippen LogP contribution in [0.1, 0.15) is 44.2 Å². The van der Waals surface area contributed by atoms with E-state index in [0.29, 0.717) is 0 Å². The van der Waals surface area contributed by atoms with Crippen molar-refractivity contribution >= 4 is 0 Å². The van der Waals surface area contributed by atoms with Gasteiger partial charge >= 0.3 is 0 Å². The highest BCUT2D eigenvalue weighted by Gasteiger charge is 2.42. The summed E-state index contributed by atoms with van der Waals surface area (Å²) in [6.45, 7) is 2.35. The maximum atomic E-state index is 6.68. The molecule has 0 spiro atoms. The molecular weight excluding hydrogens is 248 g/mol. The molecule has 1 fully saturated rings. The van der Waals surface area contributed by atoms with Crippen LogP contribution in [0.2, 0.25) is 0 Å². The second-order valence-corrected chi connectivity index (χ2v) is 6.45. The number of nitrogens with two attached hydrogens (primary N) is 1. The van der Waals surface area contributed by atoms with E-state index in [1.165, 1.54) is 31.2 Å². The molecule has 0 saturated heterocycles. The smallest absolute Gasteiger partial charge is 0.118 e. The Bertz CT molecular complexity index is 429. The molecule has 1 aliphatic carbocycles. The summed E-state index contributed by atoms with van der Waals surface area (Å²) in [6.07, 6.45) is 4.94. The fourth-order valence-corrected chi connectivity index (χ4v) is 3.65. The number of rotatable bonds is 4. The molecule has 1 aliphatic rings. The number of likely N-dealkylation sites (N-methyl/N-ethyl adjacent to an activating group) is 1. The lowest BCUT2D eigenvalue weighted by molar-refractivity contribution is 0.0499. The Kier molecular flexibility index (Phi) is 4.71. The van der Waals surface area contributed by atoms with Crippen LogP contribution in [0.25, 0.3) is 0 Å². The van der Waals surface area contributed by atoms with Crippen molar-refractivity contribution in [3.8, 4) is 5.75 Å². The number of hydrogen-bond acceptors (Lipinski definition) is 3. The Labute approximate surface area is 123 Å². The van der Waals surface area contributed by atoms with E-state index in [4.69, 9.17) is 10.5 Å². The summed E-state index contributed by atoms with van der Waals surface area (Å²) in [7, 11) is 6.03. The average Bonchev–Trinajstić information content (AvgIpc) is 2.46. The van der Waals surface area contributed by atoms with Crippen molar-refractivity contribution in [3.05, 3.63) is 29.8 Å². The van der Waals surface area contributed by atoms with Crippen molar-refractivity contribution < 1.29 is 4.74 Å². The first kappa shape index (κ1) is 15.3. The number of nitrogens with zero attached hydrogens (tertiary/aromatic N) is 1. The Morgan fingerprint density at radius 3 is 2.45 bits per heavy atom. The third kappa shape index (κ3) is 2.84. The highest BCUT2D eigenvalue weighted by molar-refractivity contribution is 5.31. The molecular formula is C17H28N2O. The summed E-state index contributed by atoms with van der Waals surface area (Å²) < 4.78 is 5.23. The van der Waals surface area contributed by atoms with Gasteiger partial charge in [-0.05, 0) is 50.6 Å². The molecule has 0 bridgehead atoms. The fourth-order valence-electron chi connectivity index (χ4n) is 3.65. The molecule has 0 radical (unpaired) electrons. The monoisotopic (exact) mass is 276 g/mol. The van der Waals surface area contributed by atoms with Gasteiger partial charge in [0.25, 0.3) is 0 Å². The summed E-state index contributed by atoms with van der Waals surface area (Å²) in [5, 5.41) is 0. The van der Waals surface area contributed by atoms with Crippen LogP contribution in [-0.2, 0) is 0 Å². The highest BCUT2D eigenvalue weighted by atomic mass is 16.5. The van der Waals surface area contributed by atoms with Gasteiger partial charge in [-0.25, -0.2) is 0 Å². The molecule has 112 valence electrons. The number of hydrogen-bond donors (Lipinski definition) is 1. The third-order valence-electron chi connectivity index (χ3n) is 4.95. The second-order valence-electron chi connectivity index (χ2n) is 6.45. The summed E-state index contributed by atoms with van der Waals surface area (Å²) in [5.41, 5.74) is 7.95. The van der Waals surface area contributed by atoms with E-state index in [0.717, 1.165) is 11.7 Å². The van der Waals surface area contributed by atoms with Crippen LogP contribution in [0.5, 0.6) is 5.75 Å². The first-order valence-electron chi connectivity index (χ1n) is 7.56. The second kappa shape index (κ2) is 6.15. The molecule has 3 heteroatoms. The predicted molar refractivity (Wildman–Crippen MR) is 84.0 cm³/mol. The lowest BCUT2D eigenvalue weighted by Crippen LogP contribution is -2.54. The maximum Gasteiger partial charge on any atom is 0.118 e. The minimum atomic E-state index is 0.0474. The molecule has 0 aliphatic heterocycles. The molecule has 3 atom stereocenters. The van der Waals surface area contributed by atoms with Gasteiger partial charge in [-0.1, -0.05) is 31.9 Å².